The van der Waals surface area contributed by atoms with Crippen molar-refractivity contribution in [1.29, 1.82) is 0 Å². The van der Waals surface area contributed by atoms with E-state index in [0.29, 0.717) is 0 Å². The quantitative estimate of drug-likeness (QED) is 0.860. The van der Waals surface area contributed by atoms with Crippen LogP contribution in [0.4, 0.5) is 0 Å². The van der Waals surface area contributed by atoms with Crippen molar-refractivity contribution in [3.8, 4) is 0 Å². The number of thiophene rings is 1. The van der Waals surface area contributed by atoms with Crippen LogP contribution in [-0.4, -0.2) is 30.7 Å². The Morgan fingerprint density at radius 3 is 2.73 bits per heavy atom. The van der Waals surface area contributed by atoms with Gasteiger partial charge in [-0.05, 0) is 36.5 Å². The van der Waals surface area contributed by atoms with Gasteiger partial charge in [0.05, 0.1) is 12.6 Å². The molecule has 1 heterocycles. The highest BCUT2D eigenvalue weighted by atomic mass is 32.1. The molecule has 1 atom stereocenters. The molecule has 0 saturated heterocycles. The standard InChI is InChI=1S/C12H15NOS/c1-13(2)11(7-14)10-8-15-12-6-4-3-5-9(10)12/h3-6,8,11,14H,7H2,1-2H3. The summed E-state index contributed by atoms with van der Waals surface area (Å²) in [5.74, 6) is 0. The Morgan fingerprint density at radius 2 is 2.07 bits per heavy atom. The van der Waals surface area contributed by atoms with Crippen molar-refractivity contribution in [1.82, 2.24) is 4.90 Å². The predicted octanol–water partition coefficient (Wildman–Crippen LogP) is 2.50. The third kappa shape index (κ3) is 1.91. The third-order valence-corrected chi connectivity index (χ3v) is 3.65. The molecule has 0 spiro atoms. The van der Waals surface area contributed by atoms with Crippen molar-refractivity contribution in [3.63, 3.8) is 0 Å². The molecule has 0 bridgehead atoms. The van der Waals surface area contributed by atoms with Crippen LogP contribution < -0.4 is 0 Å². The van der Waals surface area contributed by atoms with Crippen molar-refractivity contribution < 1.29 is 5.11 Å². The van der Waals surface area contributed by atoms with Crippen molar-refractivity contribution in [3.05, 3.63) is 35.2 Å². The molecular formula is C12H15NOS. The monoisotopic (exact) mass is 221 g/mol. The lowest BCUT2D eigenvalue weighted by Crippen LogP contribution is -2.22. The SMILES string of the molecule is CN(C)C(CO)c1csc2ccccc12. The van der Waals surface area contributed by atoms with E-state index >= 15 is 0 Å². The van der Waals surface area contributed by atoms with Crippen LogP contribution in [0.2, 0.25) is 0 Å². The Kier molecular flexibility index (Phi) is 3.05. The molecule has 1 unspecified atom stereocenters. The number of likely N-dealkylation sites (N-methyl/N-ethyl adjacent to an activating group) is 1. The molecule has 2 nitrogen and oxygen atoms in total. The second-order valence-electron chi connectivity index (χ2n) is 3.85. The van der Waals surface area contributed by atoms with E-state index in [-0.39, 0.29) is 12.6 Å². The summed E-state index contributed by atoms with van der Waals surface area (Å²) in [6, 6.07) is 8.43. The first-order valence-corrected chi connectivity index (χ1v) is 5.85. The Hall–Kier alpha value is -0.900. The maximum atomic E-state index is 9.39. The molecule has 1 aromatic carbocycles. The summed E-state index contributed by atoms with van der Waals surface area (Å²) in [7, 11) is 3.99. The van der Waals surface area contributed by atoms with E-state index in [1.54, 1.807) is 11.3 Å². The largest absolute Gasteiger partial charge is 0.394 e. The van der Waals surface area contributed by atoms with Gasteiger partial charge >= 0.3 is 0 Å². The van der Waals surface area contributed by atoms with Gasteiger partial charge in [-0.1, -0.05) is 18.2 Å². The average molecular weight is 221 g/mol. The van der Waals surface area contributed by atoms with Gasteiger partial charge in [0.1, 0.15) is 0 Å². The van der Waals surface area contributed by atoms with Crippen molar-refractivity contribution in [2.24, 2.45) is 0 Å². The van der Waals surface area contributed by atoms with Gasteiger partial charge in [-0.25, -0.2) is 0 Å². The number of benzene rings is 1. The van der Waals surface area contributed by atoms with Crippen LogP contribution in [0.1, 0.15) is 11.6 Å². The van der Waals surface area contributed by atoms with Gasteiger partial charge in [-0.3, -0.25) is 0 Å². The third-order valence-electron chi connectivity index (χ3n) is 2.67. The van der Waals surface area contributed by atoms with Crippen LogP contribution in [0.3, 0.4) is 0 Å². The van der Waals surface area contributed by atoms with E-state index in [2.05, 4.69) is 22.4 Å². The van der Waals surface area contributed by atoms with Crippen LogP contribution in [0, 0.1) is 0 Å². The smallest absolute Gasteiger partial charge is 0.0628 e. The molecule has 1 N–H and O–H groups in total. The number of fused-ring (bicyclic) bond motifs is 1. The highest BCUT2D eigenvalue weighted by Gasteiger charge is 2.16. The first-order chi connectivity index (χ1) is 7.24. The molecule has 0 aliphatic rings. The maximum absolute atomic E-state index is 9.39. The molecule has 2 rings (SSSR count). The lowest BCUT2D eigenvalue weighted by atomic mass is 10.1. The summed E-state index contributed by atoms with van der Waals surface area (Å²) in [4.78, 5) is 2.05. The highest BCUT2D eigenvalue weighted by Crippen LogP contribution is 2.31. The predicted molar refractivity (Wildman–Crippen MR) is 65.3 cm³/mol. The topological polar surface area (TPSA) is 23.5 Å². The molecular weight excluding hydrogens is 206 g/mol. The molecule has 80 valence electrons. The zero-order valence-corrected chi connectivity index (χ0v) is 9.79. The normalized spacial score (nSPS) is 13.6. The Bertz CT molecular complexity index is 450. The summed E-state index contributed by atoms with van der Waals surface area (Å²) in [5.41, 5.74) is 1.23. The fraction of sp³-hybridized carbons (Fsp3) is 0.333. The maximum Gasteiger partial charge on any atom is 0.0628 e. The first kappa shape index (κ1) is 10.6. The fourth-order valence-corrected chi connectivity index (χ4v) is 2.80. The van der Waals surface area contributed by atoms with E-state index < -0.39 is 0 Å². The van der Waals surface area contributed by atoms with E-state index in [0.717, 1.165) is 0 Å². The number of hydrogen-bond acceptors (Lipinski definition) is 3. The molecule has 0 fully saturated rings. The fourth-order valence-electron chi connectivity index (χ4n) is 1.80. The van der Waals surface area contributed by atoms with Gasteiger partial charge < -0.3 is 10.0 Å². The second-order valence-corrected chi connectivity index (χ2v) is 4.76. The molecule has 0 saturated carbocycles. The zero-order valence-electron chi connectivity index (χ0n) is 8.97. The Balaban J connectivity index is 2.51. The van der Waals surface area contributed by atoms with Crippen LogP contribution in [0.5, 0.6) is 0 Å². The molecule has 0 radical (unpaired) electrons. The summed E-state index contributed by atoms with van der Waals surface area (Å²) in [6.45, 7) is 0.160. The van der Waals surface area contributed by atoms with Crippen molar-refractivity contribution in [2.45, 2.75) is 6.04 Å². The summed E-state index contributed by atoms with van der Waals surface area (Å²) >= 11 is 1.74. The average Bonchev–Trinajstić information content (AvgIpc) is 2.63. The molecule has 1 aromatic heterocycles. The number of hydrogen-bond donors (Lipinski definition) is 1. The van der Waals surface area contributed by atoms with Gasteiger partial charge in [-0.15, -0.1) is 11.3 Å². The zero-order chi connectivity index (χ0) is 10.8. The molecule has 0 amide bonds. The van der Waals surface area contributed by atoms with Gasteiger partial charge in [0.2, 0.25) is 0 Å². The summed E-state index contributed by atoms with van der Waals surface area (Å²) < 4.78 is 1.28. The molecule has 15 heavy (non-hydrogen) atoms. The van der Waals surface area contributed by atoms with Crippen LogP contribution >= 0.6 is 11.3 Å². The first-order valence-electron chi connectivity index (χ1n) is 4.97. The van der Waals surface area contributed by atoms with E-state index in [4.69, 9.17) is 0 Å². The van der Waals surface area contributed by atoms with Gasteiger partial charge in [-0.2, -0.15) is 0 Å². The Morgan fingerprint density at radius 1 is 1.33 bits per heavy atom. The van der Waals surface area contributed by atoms with E-state index in [9.17, 15) is 5.11 Å². The second kappa shape index (κ2) is 4.31. The number of aliphatic hydroxyl groups excluding tert-OH is 1. The number of nitrogens with zero attached hydrogens (tertiary/aromatic N) is 1. The molecule has 2 aromatic rings. The minimum Gasteiger partial charge on any atom is -0.394 e. The van der Waals surface area contributed by atoms with E-state index in [1.165, 1.54) is 15.6 Å². The van der Waals surface area contributed by atoms with Crippen molar-refractivity contribution in [2.75, 3.05) is 20.7 Å². The molecule has 0 aliphatic carbocycles. The van der Waals surface area contributed by atoms with Gasteiger partial charge in [0.25, 0.3) is 0 Å². The minimum atomic E-state index is 0.0983. The van der Waals surface area contributed by atoms with E-state index in [1.807, 2.05) is 26.2 Å². The number of aliphatic hydroxyl groups is 1. The Labute approximate surface area is 93.8 Å². The molecule has 0 aliphatic heterocycles. The van der Waals surface area contributed by atoms with Crippen molar-refractivity contribution >= 4 is 21.4 Å². The van der Waals surface area contributed by atoms with Gasteiger partial charge in [0.15, 0.2) is 0 Å². The summed E-state index contributed by atoms with van der Waals surface area (Å²) in [6.07, 6.45) is 0. The lowest BCUT2D eigenvalue weighted by molar-refractivity contribution is 0.172. The van der Waals surface area contributed by atoms with Crippen LogP contribution in [0.15, 0.2) is 29.6 Å². The van der Waals surface area contributed by atoms with Crippen LogP contribution in [0.25, 0.3) is 10.1 Å². The number of rotatable bonds is 3. The lowest BCUT2D eigenvalue weighted by Gasteiger charge is -2.21. The van der Waals surface area contributed by atoms with Crippen LogP contribution in [-0.2, 0) is 0 Å². The molecule has 3 heteroatoms. The van der Waals surface area contributed by atoms with Gasteiger partial charge in [0, 0.05) is 4.70 Å². The minimum absolute atomic E-state index is 0.0983. The highest BCUT2D eigenvalue weighted by molar-refractivity contribution is 7.17. The summed E-state index contributed by atoms with van der Waals surface area (Å²) in [5, 5.41) is 12.8.